The lowest BCUT2D eigenvalue weighted by molar-refractivity contribution is 0.424. The van der Waals surface area contributed by atoms with Gasteiger partial charge in [-0.15, -0.1) is 0 Å². The highest BCUT2D eigenvalue weighted by Crippen LogP contribution is 2.15. The summed E-state index contributed by atoms with van der Waals surface area (Å²) >= 11 is 0. The molecule has 0 saturated carbocycles. The molecule has 2 heterocycles. The first kappa shape index (κ1) is 14.2. The molecule has 0 spiro atoms. The fourth-order valence-corrected chi connectivity index (χ4v) is 1.90. The maximum absolute atomic E-state index is 9.02. The molecule has 0 aliphatic heterocycles. The fraction of sp³-hybridized carbons (Fsp3) is 0.400. The molecule has 2 rings (SSSR count). The Labute approximate surface area is 119 Å². The van der Waals surface area contributed by atoms with Crippen molar-refractivity contribution in [2.45, 2.75) is 39.8 Å². The van der Waals surface area contributed by atoms with Crippen LogP contribution in [0.1, 0.15) is 37.7 Å². The predicted octanol–water partition coefficient (Wildman–Crippen LogP) is 2.34. The monoisotopic (exact) mass is 269 g/mol. The van der Waals surface area contributed by atoms with Crippen molar-refractivity contribution >= 4 is 0 Å². The summed E-state index contributed by atoms with van der Waals surface area (Å²) in [5.74, 6) is 1.10. The lowest BCUT2D eigenvalue weighted by Gasteiger charge is -2.20. The molecule has 2 aromatic rings. The highest BCUT2D eigenvalue weighted by atomic mass is 15.1. The van der Waals surface area contributed by atoms with Gasteiger partial charge in [-0.1, -0.05) is 0 Å². The van der Waals surface area contributed by atoms with Crippen molar-refractivity contribution in [3.8, 4) is 11.9 Å². The van der Waals surface area contributed by atoms with Crippen LogP contribution < -0.4 is 5.32 Å². The highest BCUT2D eigenvalue weighted by Gasteiger charge is 2.11. The van der Waals surface area contributed by atoms with Crippen LogP contribution >= 0.6 is 0 Å². The lowest BCUT2D eigenvalue weighted by atomic mass is 10.1. The van der Waals surface area contributed by atoms with Crippen LogP contribution in [0, 0.1) is 18.3 Å². The minimum atomic E-state index is 0.0743. The van der Waals surface area contributed by atoms with Crippen molar-refractivity contribution in [1.29, 1.82) is 5.26 Å². The second-order valence-corrected chi connectivity index (χ2v) is 5.82. The van der Waals surface area contributed by atoms with Gasteiger partial charge in [0, 0.05) is 30.7 Å². The molecule has 2 aromatic heterocycles. The molecule has 0 aliphatic rings. The quantitative estimate of drug-likeness (QED) is 0.928. The molecule has 5 heteroatoms. The molecule has 0 aliphatic carbocycles. The molecule has 0 aromatic carbocycles. The third kappa shape index (κ3) is 3.22. The van der Waals surface area contributed by atoms with Gasteiger partial charge in [0.2, 0.25) is 5.82 Å². The van der Waals surface area contributed by atoms with Crippen molar-refractivity contribution in [1.82, 2.24) is 19.9 Å². The van der Waals surface area contributed by atoms with E-state index in [0.29, 0.717) is 5.82 Å². The molecule has 0 amide bonds. The van der Waals surface area contributed by atoms with Gasteiger partial charge in [0.1, 0.15) is 11.9 Å². The number of nitrogens with one attached hydrogen (secondary N) is 1. The molecule has 0 bridgehead atoms. The predicted molar refractivity (Wildman–Crippen MR) is 77.4 cm³/mol. The van der Waals surface area contributed by atoms with Gasteiger partial charge in [0.15, 0.2) is 0 Å². The van der Waals surface area contributed by atoms with Gasteiger partial charge in [0.25, 0.3) is 0 Å². The Bertz CT molecular complexity index is 643. The van der Waals surface area contributed by atoms with Gasteiger partial charge < -0.3 is 5.32 Å². The fourth-order valence-electron chi connectivity index (χ4n) is 1.90. The average molecular weight is 269 g/mol. The number of aryl methyl sites for hydroxylation is 1. The van der Waals surface area contributed by atoms with Crippen molar-refractivity contribution in [3.05, 3.63) is 41.6 Å². The summed E-state index contributed by atoms with van der Waals surface area (Å²) in [5, 5.41) is 12.4. The van der Waals surface area contributed by atoms with E-state index in [0.717, 1.165) is 23.5 Å². The SMILES string of the molecule is Cc1cc(CNC(C)(C)C)cnc1-n1ccnc1C#N. The van der Waals surface area contributed by atoms with Crippen LogP contribution in [0.5, 0.6) is 0 Å². The Kier molecular flexibility index (Phi) is 3.86. The number of rotatable bonds is 3. The van der Waals surface area contributed by atoms with Crippen molar-refractivity contribution < 1.29 is 0 Å². The van der Waals surface area contributed by atoms with E-state index in [1.165, 1.54) is 0 Å². The van der Waals surface area contributed by atoms with E-state index < -0.39 is 0 Å². The van der Waals surface area contributed by atoms with Gasteiger partial charge >= 0.3 is 0 Å². The Balaban J connectivity index is 2.25. The minimum absolute atomic E-state index is 0.0743. The van der Waals surface area contributed by atoms with Gasteiger partial charge in [-0.25, -0.2) is 9.97 Å². The number of nitriles is 1. The van der Waals surface area contributed by atoms with Gasteiger partial charge in [-0.05, 0) is 44.9 Å². The smallest absolute Gasteiger partial charge is 0.218 e. The lowest BCUT2D eigenvalue weighted by Crippen LogP contribution is -2.35. The first-order valence-electron chi connectivity index (χ1n) is 6.55. The molecule has 104 valence electrons. The van der Waals surface area contributed by atoms with Crippen LogP contribution in [0.4, 0.5) is 0 Å². The Hall–Kier alpha value is -2.19. The maximum Gasteiger partial charge on any atom is 0.218 e. The standard InChI is InChI=1S/C15H19N5/c1-11-7-12(10-19-15(2,3)4)9-18-14(11)20-6-5-17-13(20)8-16/h5-7,9,19H,10H2,1-4H3. The zero-order chi connectivity index (χ0) is 14.8. The first-order chi connectivity index (χ1) is 9.40. The summed E-state index contributed by atoms with van der Waals surface area (Å²) in [5.41, 5.74) is 2.22. The third-order valence-electron chi connectivity index (χ3n) is 2.90. The summed E-state index contributed by atoms with van der Waals surface area (Å²) in [4.78, 5) is 8.45. The van der Waals surface area contributed by atoms with Crippen LogP contribution in [0.25, 0.3) is 5.82 Å². The number of nitrogens with zero attached hydrogens (tertiary/aromatic N) is 4. The van der Waals surface area contributed by atoms with Gasteiger partial charge in [-0.2, -0.15) is 5.26 Å². The summed E-state index contributed by atoms with van der Waals surface area (Å²) in [7, 11) is 0. The normalized spacial score (nSPS) is 11.3. The number of imidazole rings is 1. The summed E-state index contributed by atoms with van der Waals surface area (Å²) in [6, 6.07) is 4.15. The average Bonchev–Trinajstić information content (AvgIpc) is 2.83. The van der Waals surface area contributed by atoms with E-state index >= 15 is 0 Å². The van der Waals surface area contributed by atoms with E-state index in [-0.39, 0.29) is 5.54 Å². The van der Waals surface area contributed by atoms with Crippen LogP contribution in [0.2, 0.25) is 0 Å². The van der Waals surface area contributed by atoms with Gasteiger partial charge in [-0.3, -0.25) is 4.57 Å². The van der Waals surface area contributed by atoms with Crippen LogP contribution in [-0.2, 0) is 6.54 Å². The molecular formula is C15H19N5. The topological polar surface area (TPSA) is 66.5 Å². The van der Waals surface area contributed by atoms with Crippen LogP contribution in [0.3, 0.4) is 0 Å². The molecule has 5 nitrogen and oxygen atoms in total. The summed E-state index contributed by atoms with van der Waals surface area (Å²) in [6.45, 7) is 9.15. The molecule has 0 unspecified atom stereocenters. The molecule has 0 fully saturated rings. The molecule has 0 saturated heterocycles. The molecule has 0 radical (unpaired) electrons. The van der Waals surface area contributed by atoms with Crippen LogP contribution in [0.15, 0.2) is 24.7 Å². The molecule has 1 N–H and O–H groups in total. The molecule has 20 heavy (non-hydrogen) atoms. The number of hydrogen-bond donors (Lipinski definition) is 1. The van der Waals surface area contributed by atoms with Crippen molar-refractivity contribution in [2.75, 3.05) is 0 Å². The third-order valence-corrected chi connectivity index (χ3v) is 2.90. The highest BCUT2D eigenvalue weighted by molar-refractivity contribution is 5.38. The molecule has 0 atom stereocenters. The van der Waals surface area contributed by atoms with Crippen LogP contribution in [-0.4, -0.2) is 20.1 Å². The second kappa shape index (κ2) is 5.43. The van der Waals surface area contributed by atoms with E-state index in [1.807, 2.05) is 13.1 Å². The Morgan fingerprint density at radius 1 is 1.35 bits per heavy atom. The maximum atomic E-state index is 9.02. The van der Waals surface area contributed by atoms with Crippen molar-refractivity contribution in [2.24, 2.45) is 0 Å². The Morgan fingerprint density at radius 3 is 2.70 bits per heavy atom. The number of hydrogen-bond acceptors (Lipinski definition) is 4. The van der Waals surface area contributed by atoms with E-state index in [2.05, 4.69) is 48.2 Å². The minimum Gasteiger partial charge on any atom is -0.308 e. The first-order valence-corrected chi connectivity index (χ1v) is 6.55. The second-order valence-electron chi connectivity index (χ2n) is 5.82. The van der Waals surface area contributed by atoms with E-state index in [4.69, 9.17) is 5.26 Å². The summed E-state index contributed by atoms with van der Waals surface area (Å²) < 4.78 is 1.70. The zero-order valence-electron chi connectivity index (χ0n) is 12.3. The van der Waals surface area contributed by atoms with E-state index in [1.54, 1.807) is 17.0 Å². The van der Waals surface area contributed by atoms with Gasteiger partial charge in [0.05, 0.1) is 0 Å². The zero-order valence-corrected chi connectivity index (χ0v) is 12.3. The number of pyridine rings is 1. The van der Waals surface area contributed by atoms with E-state index in [9.17, 15) is 0 Å². The number of aromatic nitrogens is 3. The largest absolute Gasteiger partial charge is 0.308 e. The van der Waals surface area contributed by atoms with Crippen molar-refractivity contribution in [3.63, 3.8) is 0 Å². The Morgan fingerprint density at radius 2 is 2.10 bits per heavy atom. The summed E-state index contributed by atoms with van der Waals surface area (Å²) in [6.07, 6.45) is 5.19. The molecular weight excluding hydrogens is 250 g/mol.